The number of benzene rings is 2. The molecule has 3 aromatic rings. The first-order valence-electron chi connectivity index (χ1n) is 5.92. The normalized spacial score (nSPS) is 10.9. The molecule has 0 aliphatic carbocycles. The molecule has 0 aliphatic rings. The van der Waals surface area contributed by atoms with Crippen LogP contribution in [0.1, 0.15) is 15.9 Å². The zero-order valence-corrected chi connectivity index (χ0v) is 11.0. The van der Waals surface area contributed by atoms with E-state index in [2.05, 4.69) is 4.98 Å². The van der Waals surface area contributed by atoms with Gasteiger partial charge in [-0.15, -0.1) is 0 Å². The van der Waals surface area contributed by atoms with E-state index in [0.29, 0.717) is 16.0 Å². The van der Waals surface area contributed by atoms with E-state index in [0.717, 1.165) is 11.6 Å². The summed E-state index contributed by atoms with van der Waals surface area (Å²) in [4.78, 5) is 15.4. The highest BCUT2D eigenvalue weighted by molar-refractivity contribution is 6.31. The van der Waals surface area contributed by atoms with E-state index in [1.54, 1.807) is 24.4 Å². The van der Waals surface area contributed by atoms with Crippen LogP contribution in [0.25, 0.3) is 10.9 Å². The van der Waals surface area contributed by atoms with Crippen LogP contribution in [-0.2, 0) is 0 Å². The maximum Gasteiger partial charge on any atom is 0.198 e. The van der Waals surface area contributed by atoms with Crippen molar-refractivity contribution in [2.75, 3.05) is 5.73 Å². The third kappa shape index (κ3) is 2.04. The van der Waals surface area contributed by atoms with Gasteiger partial charge in [-0.3, -0.25) is 4.79 Å². The number of nitrogen functional groups attached to an aromatic ring is 1. The van der Waals surface area contributed by atoms with Crippen LogP contribution < -0.4 is 5.73 Å². The number of nitrogens with two attached hydrogens (primary N) is 1. The van der Waals surface area contributed by atoms with Crippen LogP contribution in [0.5, 0.6) is 0 Å². The Morgan fingerprint density at radius 1 is 1.15 bits per heavy atom. The van der Waals surface area contributed by atoms with Gasteiger partial charge in [-0.2, -0.15) is 0 Å². The number of nitrogens with one attached hydrogen (secondary N) is 1. The number of hydrogen-bond donors (Lipinski definition) is 2. The Kier molecular flexibility index (Phi) is 2.95. The smallest absolute Gasteiger partial charge is 0.198 e. The van der Waals surface area contributed by atoms with E-state index in [-0.39, 0.29) is 11.3 Å². The molecule has 1 heterocycles. The van der Waals surface area contributed by atoms with Crippen LogP contribution in [0.2, 0.25) is 5.02 Å². The molecule has 3 N–H and O–H groups in total. The highest BCUT2D eigenvalue weighted by Gasteiger charge is 2.18. The number of ketones is 1. The summed E-state index contributed by atoms with van der Waals surface area (Å²) in [6, 6.07) is 9.19. The summed E-state index contributed by atoms with van der Waals surface area (Å²) in [5.74, 6) is -1.04. The molecule has 0 unspecified atom stereocenters. The van der Waals surface area contributed by atoms with Crippen LogP contribution >= 0.6 is 11.6 Å². The van der Waals surface area contributed by atoms with E-state index in [4.69, 9.17) is 17.3 Å². The number of aromatic amines is 1. The van der Waals surface area contributed by atoms with Crippen molar-refractivity contribution in [3.63, 3.8) is 0 Å². The Balaban J connectivity index is 2.15. The number of fused-ring (bicyclic) bond motifs is 1. The van der Waals surface area contributed by atoms with Gasteiger partial charge in [0, 0.05) is 33.4 Å². The number of carbonyl (C=O) groups is 1. The standard InChI is InChI=1S/C15H10ClFN2O/c16-8-1-4-14-11(5-8)12(7-19-14)15(20)10-3-2-9(18)6-13(10)17/h1-7,19H,18H2. The third-order valence-corrected chi connectivity index (χ3v) is 3.36. The number of carbonyl (C=O) groups excluding carboxylic acids is 1. The molecule has 3 nitrogen and oxygen atoms in total. The lowest BCUT2D eigenvalue weighted by Crippen LogP contribution is -2.04. The SMILES string of the molecule is Nc1ccc(C(=O)c2c[nH]c3ccc(Cl)cc23)c(F)c1. The topological polar surface area (TPSA) is 58.9 Å². The van der Waals surface area contributed by atoms with Crippen LogP contribution in [0.4, 0.5) is 10.1 Å². The highest BCUT2D eigenvalue weighted by atomic mass is 35.5. The van der Waals surface area contributed by atoms with Crippen molar-refractivity contribution in [1.82, 2.24) is 4.98 Å². The number of aromatic nitrogens is 1. The van der Waals surface area contributed by atoms with Gasteiger partial charge in [0.2, 0.25) is 0 Å². The second-order valence-electron chi connectivity index (χ2n) is 4.46. The fourth-order valence-corrected chi connectivity index (χ4v) is 2.31. The largest absolute Gasteiger partial charge is 0.399 e. The predicted octanol–water partition coefficient (Wildman–Crippen LogP) is 3.77. The van der Waals surface area contributed by atoms with Crippen LogP contribution in [0.15, 0.2) is 42.6 Å². The summed E-state index contributed by atoms with van der Waals surface area (Å²) in [6.07, 6.45) is 1.55. The highest BCUT2D eigenvalue weighted by Crippen LogP contribution is 2.25. The molecule has 0 saturated carbocycles. The maximum absolute atomic E-state index is 13.8. The second-order valence-corrected chi connectivity index (χ2v) is 4.90. The molecule has 1 aromatic heterocycles. The molecule has 0 bridgehead atoms. The lowest BCUT2D eigenvalue weighted by Gasteiger charge is -2.03. The molecule has 0 fully saturated rings. The fourth-order valence-electron chi connectivity index (χ4n) is 2.14. The Morgan fingerprint density at radius 2 is 1.95 bits per heavy atom. The van der Waals surface area contributed by atoms with E-state index < -0.39 is 11.6 Å². The zero-order chi connectivity index (χ0) is 14.3. The van der Waals surface area contributed by atoms with Crippen molar-refractivity contribution >= 4 is 34.0 Å². The summed E-state index contributed by atoms with van der Waals surface area (Å²) in [5.41, 5.74) is 6.90. The fraction of sp³-hybridized carbons (Fsp3) is 0. The molecular formula is C15H10ClFN2O. The molecule has 0 atom stereocenters. The molecular weight excluding hydrogens is 279 g/mol. The first-order chi connectivity index (χ1) is 9.56. The van der Waals surface area contributed by atoms with Crippen molar-refractivity contribution < 1.29 is 9.18 Å². The summed E-state index contributed by atoms with van der Waals surface area (Å²) < 4.78 is 13.8. The van der Waals surface area contributed by atoms with Gasteiger partial charge in [-0.05, 0) is 36.4 Å². The quantitative estimate of drug-likeness (QED) is 0.557. The van der Waals surface area contributed by atoms with Crippen LogP contribution in [0, 0.1) is 5.82 Å². The van der Waals surface area contributed by atoms with Crippen LogP contribution in [-0.4, -0.2) is 10.8 Å². The van der Waals surface area contributed by atoms with E-state index >= 15 is 0 Å². The molecule has 5 heteroatoms. The van der Waals surface area contributed by atoms with Gasteiger partial charge in [0.1, 0.15) is 5.82 Å². The lowest BCUT2D eigenvalue weighted by atomic mass is 10.0. The maximum atomic E-state index is 13.8. The van der Waals surface area contributed by atoms with Gasteiger partial charge in [-0.1, -0.05) is 11.6 Å². The van der Waals surface area contributed by atoms with Gasteiger partial charge in [0.25, 0.3) is 0 Å². The summed E-state index contributed by atoms with van der Waals surface area (Å²) in [5, 5.41) is 1.18. The Hall–Kier alpha value is -2.33. The van der Waals surface area contributed by atoms with Crippen molar-refractivity contribution in [2.45, 2.75) is 0 Å². The van der Waals surface area contributed by atoms with Crippen molar-refractivity contribution in [3.05, 3.63) is 64.6 Å². The third-order valence-electron chi connectivity index (χ3n) is 3.13. The average molecular weight is 289 g/mol. The Morgan fingerprint density at radius 3 is 2.70 bits per heavy atom. The molecule has 0 amide bonds. The molecule has 20 heavy (non-hydrogen) atoms. The van der Waals surface area contributed by atoms with Crippen molar-refractivity contribution in [2.24, 2.45) is 0 Å². The van der Waals surface area contributed by atoms with Gasteiger partial charge >= 0.3 is 0 Å². The lowest BCUT2D eigenvalue weighted by molar-refractivity contribution is 0.103. The van der Waals surface area contributed by atoms with E-state index in [1.165, 1.54) is 12.1 Å². The molecule has 2 aromatic carbocycles. The summed E-state index contributed by atoms with van der Waals surface area (Å²) in [6.45, 7) is 0. The molecule has 100 valence electrons. The first kappa shape index (κ1) is 12.7. The number of anilines is 1. The number of halogens is 2. The Bertz CT molecular complexity index is 826. The molecule has 0 radical (unpaired) electrons. The van der Waals surface area contributed by atoms with Crippen molar-refractivity contribution in [1.29, 1.82) is 0 Å². The van der Waals surface area contributed by atoms with Gasteiger partial charge in [0.15, 0.2) is 5.78 Å². The summed E-state index contributed by atoms with van der Waals surface area (Å²) >= 11 is 5.93. The number of hydrogen-bond acceptors (Lipinski definition) is 2. The first-order valence-corrected chi connectivity index (χ1v) is 6.30. The second kappa shape index (κ2) is 4.65. The Labute approximate surface area is 119 Å². The van der Waals surface area contributed by atoms with Crippen molar-refractivity contribution in [3.8, 4) is 0 Å². The van der Waals surface area contributed by atoms with Gasteiger partial charge in [-0.25, -0.2) is 4.39 Å². The van der Waals surface area contributed by atoms with E-state index in [1.807, 2.05) is 0 Å². The minimum atomic E-state index is -0.633. The monoisotopic (exact) mass is 288 g/mol. The number of rotatable bonds is 2. The minimum Gasteiger partial charge on any atom is -0.399 e. The van der Waals surface area contributed by atoms with Crippen LogP contribution in [0.3, 0.4) is 0 Å². The zero-order valence-electron chi connectivity index (χ0n) is 10.3. The van der Waals surface area contributed by atoms with Gasteiger partial charge < -0.3 is 10.7 Å². The number of H-pyrrole nitrogens is 1. The van der Waals surface area contributed by atoms with E-state index in [9.17, 15) is 9.18 Å². The molecule has 0 saturated heterocycles. The molecule has 0 aliphatic heterocycles. The molecule has 0 spiro atoms. The average Bonchev–Trinajstić information content (AvgIpc) is 2.81. The summed E-state index contributed by atoms with van der Waals surface area (Å²) in [7, 11) is 0. The molecule has 3 rings (SSSR count). The van der Waals surface area contributed by atoms with Gasteiger partial charge in [0.05, 0.1) is 5.56 Å². The minimum absolute atomic E-state index is 0.0138. The predicted molar refractivity (Wildman–Crippen MR) is 77.6 cm³/mol.